The highest BCUT2D eigenvalue weighted by Gasteiger charge is 2.17. The van der Waals surface area contributed by atoms with Crippen molar-refractivity contribution in [3.05, 3.63) is 58.6 Å². The van der Waals surface area contributed by atoms with Gasteiger partial charge in [0.2, 0.25) is 0 Å². The molecule has 0 aliphatic carbocycles. The predicted molar refractivity (Wildman–Crippen MR) is 88.5 cm³/mol. The molecule has 1 N–H and O–H groups in total. The normalized spacial score (nSPS) is 16.2. The first-order valence-corrected chi connectivity index (χ1v) is 7.87. The lowest BCUT2D eigenvalue weighted by molar-refractivity contribution is 0.199. The largest absolute Gasteiger partial charge is 0.389 e. The van der Waals surface area contributed by atoms with Crippen LogP contribution in [0.25, 0.3) is 0 Å². The van der Waals surface area contributed by atoms with E-state index in [1.165, 1.54) is 24.1 Å². The zero-order valence-electron chi connectivity index (χ0n) is 12.2. The minimum atomic E-state index is -0.539. The Labute approximate surface area is 131 Å². The molecule has 1 heterocycles. The lowest BCUT2D eigenvalue weighted by Gasteiger charge is -2.26. The number of anilines is 2. The summed E-state index contributed by atoms with van der Waals surface area (Å²) in [5, 5.41) is 10.3. The van der Waals surface area contributed by atoms with E-state index < -0.39 is 6.10 Å². The summed E-state index contributed by atoms with van der Waals surface area (Å²) in [6, 6.07) is 14.5. The average molecular weight is 302 g/mol. The molecule has 0 amide bonds. The van der Waals surface area contributed by atoms with Crippen molar-refractivity contribution < 1.29 is 5.11 Å². The number of aliphatic hydroxyl groups is 1. The number of para-hydroxylation sites is 1. The van der Waals surface area contributed by atoms with Crippen molar-refractivity contribution in [1.29, 1.82) is 0 Å². The smallest absolute Gasteiger partial charge is 0.0776 e. The highest BCUT2D eigenvalue weighted by atomic mass is 35.5. The fourth-order valence-corrected chi connectivity index (χ4v) is 3.31. The molecule has 1 atom stereocenters. The average Bonchev–Trinajstić information content (AvgIpc) is 2.69. The minimum absolute atomic E-state index is 0.539. The monoisotopic (exact) mass is 301 g/mol. The molecule has 21 heavy (non-hydrogen) atoms. The number of aliphatic hydroxyl groups excluding tert-OH is 1. The van der Waals surface area contributed by atoms with Gasteiger partial charge in [0.15, 0.2) is 0 Å². The summed E-state index contributed by atoms with van der Waals surface area (Å²) in [5.41, 5.74) is 4.55. The summed E-state index contributed by atoms with van der Waals surface area (Å²) >= 11 is 6.32. The number of hydrogen-bond acceptors (Lipinski definition) is 2. The summed E-state index contributed by atoms with van der Waals surface area (Å²) < 4.78 is 0. The van der Waals surface area contributed by atoms with Crippen LogP contribution >= 0.6 is 11.6 Å². The fourth-order valence-electron chi connectivity index (χ4n) is 2.98. The second kappa shape index (κ2) is 6.08. The van der Waals surface area contributed by atoms with Crippen LogP contribution in [0.4, 0.5) is 11.4 Å². The Morgan fingerprint density at radius 3 is 2.71 bits per heavy atom. The number of benzene rings is 2. The van der Waals surface area contributed by atoms with Gasteiger partial charge >= 0.3 is 0 Å². The second-order valence-corrected chi connectivity index (χ2v) is 6.03. The van der Waals surface area contributed by atoms with Gasteiger partial charge in [-0.2, -0.15) is 0 Å². The highest BCUT2D eigenvalue weighted by molar-refractivity contribution is 6.31. The zero-order valence-corrected chi connectivity index (χ0v) is 13.0. The predicted octanol–water partition coefficient (Wildman–Crippen LogP) is 4.87. The molecule has 0 spiro atoms. The van der Waals surface area contributed by atoms with Crippen LogP contribution in [0, 0.1) is 0 Å². The lowest BCUT2D eigenvalue weighted by Crippen LogP contribution is -2.18. The van der Waals surface area contributed by atoms with E-state index >= 15 is 0 Å². The molecule has 0 aromatic heterocycles. The Kier molecular flexibility index (Phi) is 4.18. The van der Waals surface area contributed by atoms with Gasteiger partial charge in [0.25, 0.3) is 0 Å². The molecule has 1 aliphatic rings. The van der Waals surface area contributed by atoms with Crippen molar-refractivity contribution in [1.82, 2.24) is 0 Å². The van der Waals surface area contributed by atoms with Crippen molar-refractivity contribution in [3.63, 3.8) is 0 Å². The first-order chi connectivity index (χ1) is 10.2. The molecule has 2 aromatic rings. The van der Waals surface area contributed by atoms with Gasteiger partial charge in [-0.05, 0) is 55.5 Å². The van der Waals surface area contributed by atoms with Crippen molar-refractivity contribution in [2.75, 3.05) is 11.4 Å². The molecule has 2 aromatic carbocycles. The zero-order chi connectivity index (χ0) is 14.8. The van der Waals surface area contributed by atoms with E-state index in [2.05, 4.69) is 35.2 Å². The molecule has 1 aliphatic heterocycles. The number of hydrogen-bond donors (Lipinski definition) is 1. The number of rotatable bonds is 2. The fraction of sp³-hybridized carbons (Fsp3) is 0.333. The molecule has 0 fully saturated rings. The summed E-state index contributed by atoms with van der Waals surface area (Å²) in [5.74, 6) is 0. The standard InChI is InChI=1S/C18H20ClNO/c1-13(21)16-10-9-15(12-17(16)19)20-11-5-4-7-14-6-2-3-8-18(14)20/h2-3,6,8-10,12-13,21H,4-5,7,11H2,1H3. The van der Waals surface area contributed by atoms with Crippen molar-refractivity contribution in [3.8, 4) is 0 Å². The van der Waals surface area contributed by atoms with E-state index in [9.17, 15) is 5.11 Å². The number of fused-ring (bicyclic) bond motifs is 1. The molecular weight excluding hydrogens is 282 g/mol. The van der Waals surface area contributed by atoms with Gasteiger partial charge in [-0.3, -0.25) is 0 Å². The third-order valence-corrected chi connectivity index (χ3v) is 4.43. The van der Waals surface area contributed by atoms with Crippen LogP contribution < -0.4 is 4.90 Å². The third-order valence-electron chi connectivity index (χ3n) is 4.11. The highest BCUT2D eigenvalue weighted by Crippen LogP contribution is 2.35. The van der Waals surface area contributed by atoms with E-state index in [4.69, 9.17) is 11.6 Å². The van der Waals surface area contributed by atoms with Gasteiger partial charge in [0.05, 0.1) is 6.10 Å². The number of aryl methyl sites for hydroxylation is 1. The third kappa shape index (κ3) is 2.92. The quantitative estimate of drug-likeness (QED) is 0.855. The Hall–Kier alpha value is -1.51. The number of halogens is 1. The van der Waals surface area contributed by atoms with Gasteiger partial charge in [-0.25, -0.2) is 0 Å². The van der Waals surface area contributed by atoms with Crippen LogP contribution in [0.5, 0.6) is 0 Å². The summed E-state index contributed by atoms with van der Waals surface area (Å²) in [7, 11) is 0. The van der Waals surface area contributed by atoms with Crippen LogP contribution in [0.3, 0.4) is 0 Å². The first-order valence-electron chi connectivity index (χ1n) is 7.50. The minimum Gasteiger partial charge on any atom is -0.389 e. The van der Waals surface area contributed by atoms with E-state index in [0.717, 1.165) is 24.2 Å². The van der Waals surface area contributed by atoms with Crippen molar-refractivity contribution in [2.45, 2.75) is 32.3 Å². The van der Waals surface area contributed by atoms with Crippen LogP contribution in [0.1, 0.15) is 37.0 Å². The summed E-state index contributed by atoms with van der Waals surface area (Å²) in [6.45, 7) is 2.74. The van der Waals surface area contributed by atoms with E-state index in [-0.39, 0.29) is 0 Å². The maximum Gasteiger partial charge on any atom is 0.0776 e. The molecule has 2 nitrogen and oxygen atoms in total. The summed E-state index contributed by atoms with van der Waals surface area (Å²) in [6.07, 6.45) is 2.98. The molecule has 0 saturated carbocycles. The molecule has 0 bridgehead atoms. The van der Waals surface area contributed by atoms with Crippen molar-refractivity contribution >= 4 is 23.0 Å². The molecule has 3 rings (SSSR count). The van der Waals surface area contributed by atoms with E-state index in [1.54, 1.807) is 6.92 Å². The van der Waals surface area contributed by atoms with Gasteiger partial charge in [-0.15, -0.1) is 0 Å². The Morgan fingerprint density at radius 1 is 1.14 bits per heavy atom. The molecule has 0 saturated heterocycles. The van der Waals surface area contributed by atoms with Crippen LogP contribution in [-0.4, -0.2) is 11.7 Å². The van der Waals surface area contributed by atoms with Crippen LogP contribution in [-0.2, 0) is 6.42 Å². The number of nitrogens with zero attached hydrogens (tertiary/aromatic N) is 1. The second-order valence-electron chi connectivity index (χ2n) is 5.62. The molecule has 0 radical (unpaired) electrons. The Balaban J connectivity index is 2.02. The molecule has 110 valence electrons. The van der Waals surface area contributed by atoms with E-state index in [1.807, 2.05) is 12.1 Å². The lowest BCUT2D eigenvalue weighted by atomic mass is 10.1. The Bertz CT molecular complexity index is 639. The van der Waals surface area contributed by atoms with Gasteiger partial charge in [0.1, 0.15) is 0 Å². The van der Waals surface area contributed by atoms with Crippen LogP contribution in [0.2, 0.25) is 5.02 Å². The topological polar surface area (TPSA) is 23.5 Å². The molecular formula is C18H20ClNO. The van der Waals surface area contributed by atoms with Crippen LogP contribution in [0.15, 0.2) is 42.5 Å². The first kappa shape index (κ1) is 14.4. The summed E-state index contributed by atoms with van der Waals surface area (Å²) in [4.78, 5) is 2.33. The van der Waals surface area contributed by atoms with Gasteiger partial charge < -0.3 is 10.0 Å². The maximum atomic E-state index is 9.71. The van der Waals surface area contributed by atoms with E-state index in [0.29, 0.717) is 5.02 Å². The molecule has 1 unspecified atom stereocenters. The maximum absolute atomic E-state index is 9.71. The van der Waals surface area contributed by atoms with Gasteiger partial charge in [0, 0.05) is 22.9 Å². The molecule has 3 heteroatoms. The van der Waals surface area contributed by atoms with Gasteiger partial charge in [-0.1, -0.05) is 35.9 Å². The SMILES string of the molecule is CC(O)c1ccc(N2CCCCc3ccccc32)cc1Cl. The Morgan fingerprint density at radius 2 is 1.95 bits per heavy atom. The van der Waals surface area contributed by atoms with Crippen molar-refractivity contribution in [2.24, 2.45) is 0 Å².